The van der Waals surface area contributed by atoms with Gasteiger partial charge in [-0.15, -0.1) is 0 Å². The average molecular weight is 321 g/mol. The smallest absolute Gasteiger partial charge is 0.241 e. The van der Waals surface area contributed by atoms with Crippen LogP contribution < -0.4 is 5.32 Å². The van der Waals surface area contributed by atoms with Crippen LogP contribution in [0.1, 0.15) is 29.8 Å². The minimum atomic E-state index is -0.173. The molecule has 5 heteroatoms. The number of nitrogens with one attached hydrogen (secondary N) is 1. The van der Waals surface area contributed by atoms with Crippen LogP contribution >= 0.6 is 22.9 Å². The molecule has 0 spiro atoms. The van der Waals surface area contributed by atoms with Crippen molar-refractivity contribution in [3.8, 4) is 0 Å². The Labute approximate surface area is 133 Å². The zero-order valence-electron chi connectivity index (χ0n) is 12.0. The van der Waals surface area contributed by atoms with Gasteiger partial charge in [-0.2, -0.15) is 11.3 Å². The Bertz CT molecular complexity index is 670. The summed E-state index contributed by atoms with van der Waals surface area (Å²) in [7, 11) is 0. The highest BCUT2D eigenvalue weighted by Crippen LogP contribution is 2.29. The molecule has 1 aliphatic heterocycles. The maximum Gasteiger partial charge on any atom is 0.241 e. The Morgan fingerprint density at radius 3 is 2.86 bits per heavy atom. The number of nitrogens with zero attached hydrogens (tertiary/aromatic N) is 1. The Morgan fingerprint density at radius 1 is 1.38 bits per heavy atom. The molecule has 0 bridgehead atoms. The van der Waals surface area contributed by atoms with Gasteiger partial charge >= 0.3 is 0 Å². The molecule has 110 valence electrons. The van der Waals surface area contributed by atoms with Crippen LogP contribution in [0, 0.1) is 6.92 Å². The lowest BCUT2D eigenvalue weighted by atomic mass is 10.1. The van der Waals surface area contributed by atoms with Crippen molar-refractivity contribution in [3.63, 3.8) is 0 Å². The van der Waals surface area contributed by atoms with Crippen molar-refractivity contribution in [2.45, 2.75) is 32.6 Å². The van der Waals surface area contributed by atoms with Crippen LogP contribution in [0.4, 0.5) is 0 Å². The van der Waals surface area contributed by atoms with E-state index in [0.29, 0.717) is 11.6 Å². The number of carbonyl (C=O) groups is 1. The molecular weight excluding hydrogens is 304 g/mol. The molecule has 2 heterocycles. The topological polar surface area (TPSA) is 32.3 Å². The Morgan fingerprint density at radius 2 is 2.19 bits per heavy atom. The molecule has 1 fully saturated rings. The summed E-state index contributed by atoms with van der Waals surface area (Å²) in [4.78, 5) is 14.3. The number of amides is 1. The van der Waals surface area contributed by atoms with Crippen molar-refractivity contribution in [2.24, 2.45) is 0 Å². The van der Waals surface area contributed by atoms with Gasteiger partial charge in [-0.3, -0.25) is 10.1 Å². The first kappa shape index (κ1) is 14.6. The highest BCUT2D eigenvalue weighted by Gasteiger charge is 2.37. The third-order valence-corrected chi connectivity index (χ3v) is 4.99. The predicted octanol–water partition coefficient (Wildman–Crippen LogP) is 3.73. The van der Waals surface area contributed by atoms with Gasteiger partial charge in [-0.25, -0.2) is 0 Å². The number of aryl methyl sites for hydroxylation is 1. The summed E-state index contributed by atoms with van der Waals surface area (Å²) in [6, 6.07) is 7.51. The lowest BCUT2D eigenvalue weighted by Crippen LogP contribution is -2.30. The van der Waals surface area contributed by atoms with E-state index in [1.54, 1.807) is 11.3 Å². The van der Waals surface area contributed by atoms with Crippen molar-refractivity contribution < 1.29 is 4.79 Å². The molecule has 2 atom stereocenters. The molecule has 1 aromatic carbocycles. The van der Waals surface area contributed by atoms with Crippen LogP contribution in [0.2, 0.25) is 5.02 Å². The number of thiophene rings is 1. The third-order valence-electron chi connectivity index (χ3n) is 3.84. The van der Waals surface area contributed by atoms with Crippen LogP contribution in [0.25, 0.3) is 0 Å². The van der Waals surface area contributed by atoms with Crippen molar-refractivity contribution in [3.05, 3.63) is 56.7 Å². The van der Waals surface area contributed by atoms with E-state index in [1.807, 2.05) is 36.1 Å². The van der Waals surface area contributed by atoms with E-state index in [4.69, 9.17) is 11.6 Å². The van der Waals surface area contributed by atoms with Gasteiger partial charge < -0.3 is 4.90 Å². The molecule has 2 unspecified atom stereocenters. The second kappa shape index (κ2) is 5.79. The van der Waals surface area contributed by atoms with Crippen molar-refractivity contribution in [2.75, 3.05) is 0 Å². The molecule has 1 aromatic heterocycles. The van der Waals surface area contributed by atoms with Gasteiger partial charge in [-0.05, 0) is 53.4 Å². The highest BCUT2D eigenvalue weighted by atomic mass is 35.5. The summed E-state index contributed by atoms with van der Waals surface area (Å²) in [5.74, 6) is 0.130. The lowest BCUT2D eigenvalue weighted by Gasteiger charge is -2.24. The van der Waals surface area contributed by atoms with Crippen LogP contribution in [0.15, 0.2) is 35.0 Å². The predicted molar refractivity (Wildman–Crippen MR) is 86.4 cm³/mol. The molecule has 1 amide bonds. The fourth-order valence-electron chi connectivity index (χ4n) is 2.63. The summed E-state index contributed by atoms with van der Waals surface area (Å²) in [5, 5.41) is 8.26. The van der Waals surface area contributed by atoms with Gasteiger partial charge in [0.15, 0.2) is 0 Å². The summed E-state index contributed by atoms with van der Waals surface area (Å²) in [6.45, 7) is 4.61. The molecule has 0 saturated carbocycles. The summed E-state index contributed by atoms with van der Waals surface area (Å²) in [5.41, 5.74) is 3.46. The minimum Gasteiger partial charge on any atom is -0.317 e. The summed E-state index contributed by atoms with van der Waals surface area (Å²) < 4.78 is 0. The van der Waals surface area contributed by atoms with Crippen molar-refractivity contribution >= 4 is 28.8 Å². The zero-order chi connectivity index (χ0) is 15.0. The van der Waals surface area contributed by atoms with Crippen molar-refractivity contribution in [1.82, 2.24) is 10.2 Å². The number of hydrogen-bond donors (Lipinski definition) is 1. The van der Waals surface area contributed by atoms with Gasteiger partial charge in [0, 0.05) is 11.6 Å². The number of benzene rings is 1. The molecule has 3 nitrogen and oxygen atoms in total. The zero-order valence-corrected chi connectivity index (χ0v) is 13.5. The molecule has 1 aliphatic rings. The molecule has 21 heavy (non-hydrogen) atoms. The van der Waals surface area contributed by atoms with Crippen LogP contribution in [0.5, 0.6) is 0 Å². The summed E-state index contributed by atoms with van der Waals surface area (Å²) >= 11 is 7.75. The van der Waals surface area contributed by atoms with Gasteiger partial charge in [0.05, 0.1) is 6.04 Å². The largest absolute Gasteiger partial charge is 0.317 e. The first-order valence-electron chi connectivity index (χ1n) is 6.90. The second-order valence-corrected chi connectivity index (χ2v) is 6.57. The highest BCUT2D eigenvalue weighted by molar-refractivity contribution is 7.08. The Balaban J connectivity index is 1.91. The van der Waals surface area contributed by atoms with Gasteiger partial charge in [0.2, 0.25) is 5.91 Å². The van der Waals surface area contributed by atoms with Crippen LogP contribution in [0.3, 0.4) is 0 Å². The molecule has 1 N–H and O–H groups in total. The lowest BCUT2D eigenvalue weighted by molar-refractivity contribution is -0.130. The van der Waals surface area contributed by atoms with E-state index in [0.717, 1.165) is 5.56 Å². The SMILES string of the molecule is Cc1cscc1CN1C(=O)C(C)NC1c1cccc(Cl)c1. The standard InChI is InChI=1S/C16H17ClN2OS/c1-10-8-21-9-13(10)7-19-15(18-11(2)16(19)20)12-4-3-5-14(17)6-12/h3-6,8-9,11,15,18H,7H2,1-2H3. The van der Waals surface area contributed by atoms with Crippen LogP contribution in [-0.2, 0) is 11.3 Å². The number of rotatable bonds is 3. The fraction of sp³-hybridized carbons (Fsp3) is 0.312. The number of carbonyl (C=O) groups excluding carboxylic acids is 1. The number of hydrogen-bond acceptors (Lipinski definition) is 3. The van der Waals surface area contributed by atoms with Gasteiger partial charge in [0.25, 0.3) is 0 Å². The maximum absolute atomic E-state index is 12.4. The second-order valence-electron chi connectivity index (χ2n) is 5.39. The van der Waals surface area contributed by atoms with Crippen molar-refractivity contribution in [1.29, 1.82) is 0 Å². The first-order valence-corrected chi connectivity index (χ1v) is 8.22. The van der Waals surface area contributed by atoms with Gasteiger partial charge in [-0.1, -0.05) is 23.7 Å². The molecule has 0 aliphatic carbocycles. The van der Waals surface area contributed by atoms with E-state index in [2.05, 4.69) is 23.0 Å². The van der Waals surface area contributed by atoms with Crippen LogP contribution in [-0.4, -0.2) is 16.8 Å². The molecular formula is C16H17ClN2OS. The fourth-order valence-corrected chi connectivity index (χ4v) is 3.68. The molecule has 1 saturated heterocycles. The number of halogens is 1. The van der Waals surface area contributed by atoms with E-state index in [9.17, 15) is 4.79 Å². The quantitative estimate of drug-likeness (QED) is 0.934. The Kier molecular flexibility index (Phi) is 4.02. The normalized spacial score (nSPS) is 22.0. The van der Waals surface area contributed by atoms with E-state index < -0.39 is 0 Å². The third kappa shape index (κ3) is 2.84. The van der Waals surface area contributed by atoms with E-state index in [1.165, 1.54) is 11.1 Å². The van der Waals surface area contributed by atoms with E-state index >= 15 is 0 Å². The average Bonchev–Trinajstić information content (AvgIpc) is 2.98. The summed E-state index contributed by atoms with van der Waals surface area (Å²) in [6.07, 6.45) is -0.120. The minimum absolute atomic E-state index is 0.120. The Hall–Kier alpha value is -1.36. The molecule has 2 aromatic rings. The monoisotopic (exact) mass is 320 g/mol. The van der Waals surface area contributed by atoms with E-state index in [-0.39, 0.29) is 18.1 Å². The molecule has 0 radical (unpaired) electrons. The van der Waals surface area contributed by atoms with Gasteiger partial charge in [0.1, 0.15) is 6.17 Å². The first-order chi connectivity index (χ1) is 10.1. The maximum atomic E-state index is 12.4. The molecule has 3 rings (SSSR count).